The van der Waals surface area contributed by atoms with Gasteiger partial charge in [0, 0.05) is 5.02 Å². The van der Waals surface area contributed by atoms with E-state index in [1.54, 1.807) is 30.3 Å². The number of nitrogens with zero attached hydrogens (tertiary/aromatic N) is 2. The van der Waals surface area contributed by atoms with Crippen LogP contribution in [0.2, 0.25) is 5.02 Å². The molecule has 0 saturated carbocycles. The minimum Gasteiger partial charge on any atom is -0.457 e. The monoisotopic (exact) mass is 294 g/mol. The van der Waals surface area contributed by atoms with Crippen molar-refractivity contribution >= 4 is 17.7 Å². The highest BCUT2D eigenvalue weighted by molar-refractivity contribution is 6.31. The van der Waals surface area contributed by atoms with Crippen LogP contribution >= 0.6 is 11.6 Å². The highest BCUT2D eigenvalue weighted by atomic mass is 35.5. The van der Waals surface area contributed by atoms with Gasteiger partial charge in [0.1, 0.15) is 29.2 Å². The second-order valence-electron chi connectivity index (χ2n) is 4.37. The van der Waals surface area contributed by atoms with Gasteiger partial charge in [0.05, 0.1) is 0 Å². The van der Waals surface area contributed by atoms with Gasteiger partial charge in [-0.1, -0.05) is 29.8 Å². The third-order valence-electron chi connectivity index (χ3n) is 2.79. The fourth-order valence-electron chi connectivity index (χ4n) is 1.70. The van der Waals surface area contributed by atoms with Crippen molar-refractivity contribution in [2.45, 2.75) is 6.92 Å². The quantitative estimate of drug-likeness (QED) is 0.759. The predicted octanol–water partition coefficient (Wildman–Crippen LogP) is 4.87. The summed E-state index contributed by atoms with van der Waals surface area (Å²) in [4.78, 5) is 0. The Morgan fingerprint density at radius 1 is 1.10 bits per heavy atom. The van der Waals surface area contributed by atoms with Crippen LogP contribution in [-0.4, -0.2) is 0 Å². The molecule has 0 atom stereocenters. The summed E-state index contributed by atoms with van der Waals surface area (Å²) in [6, 6.07) is 16.2. The van der Waals surface area contributed by atoms with Crippen molar-refractivity contribution in [2.75, 3.05) is 0 Å². The molecule has 0 amide bonds. The SMILES string of the molecule is Cc1ccc(Oc2cccc(C=C(C#N)C#N)c2)cc1Cl. The second kappa shape index (κ2) is 6.61. The van der Waals surface area contributed by atoms with E-state index in [1.807, 2.05) is 31.2 Å². The first-order chi connectivity index (χ1) is 10.1. The summed E-state index contributed by atoms with van der Waals surface area (Å²) < 4.78 is 5.72. The summed E-state index contributed by atoms with van der Waals surface area (Å²) in [5, 5.41) is 18.2. The van der Waals surface area contributed by atoms with Crippen molar-refractivity contribution in [3.8, 4) is 23.6 Å². The van der Waals surface area contributed by atoms with Crippen LogP contribution in [0.25, 0.3) is 6.08 Å². The summed E-state index contributed by atoms with van der Waals surface area (Å²) in [7, 11) is 0. The van der Waals surface area contributed by atoms with E-state index in [4.69, 9.17) is 26.9 Å². The molecule has 102 valence electrons. The van der Waals surface area contributed by atoms with Gasteiger partial charge >= 0.3 is 0 Å². The maximum Gasteiger partial charge on any atom is 0.130 e. The fourth-order valence-corrected chi connectivity index (χ4v) is 1.87. The van der Waals surface area contributed by atoms with Crippen LogP contribution < -0.4 is 4.74 Å². The van der Waals surface area contributed by atoms with Gasteiger partial charge < -0.3 is 4.74 Å². The van der Waals surface area contributed by atoms with Crippen molar-refractivity contribution < 1.29 is 4.74 Å². The van der Waals surface area contributed by atoms with Crippen molar-refractivity contribution in [3.63, 3.8) is 0 Å². The lowest BCUT2D eigenvalue weighted by atomic mass is 10.1. The van der Waals surface area contributed by atoms with E-state index in [0.717, 1.165) is 11.1 Å². The number of aryl methyl sites for hydroxylation is 1. The van der Waals surface area contributed by atoms with Gasteiger partial charge in [-0.2, -0.15) is 10.5 Å². The third kappa shape index (κ3) is 3.86. The maximum absolute atomic E-state index is 8.76. The van der Waals surface area contributed by atoms with Crippen LogP contribution in [0.1, 0.15) is 11.1 Å². The molecule has 0 radical (unpaired) electrons. The standard InChI is InChI=1S/C17H11ClN2O/c1-12-5-6-16(9-17(12)18)21-15-4-2-3-13(8-15)7-14(10-19)11-20/h2-9H,1H3. The van der Waals surface area contributed by atoms with E-state index in [-0.39, 0.29) is 5.57 Å². The molecule has 0 saturated heterocycles. The first-order valence-corrected chi connectivity index (χ1v) is 6.56. The summed E-state index contributed by atoms with van der Waals surface area (Å²) in [5.74, 6) is 1.24. The minimum atomic E-state index is 0.0468. The van der Waals surface area contributed by atoms with Crippen LogP contribution in [0.4, 0.5) is 0 Å². The molecule has 0 aliphatic carbocycles. The van der Waals surface area contributed by atoms with E-state index in [0.29, 0.717) is 16.5 Å². The minimum absolute atomic E-state index is 0.0468. The summed E-state index contributed by atoms with van der Waals surface area (Å²) in [5.41, 5.74) is 1.75. The van der Waals surface area contributed by atoms with Crippen LogP contribution in [0.5, 0.6) is 11.5 Å². The van der Waals surface area contributed by atoms with E-state index < -0.39 is 0 Å². The van der Waals surface area contributed by atoms with Crippen LogP contribution in [0, 0.1) is 29.6 Å². The molecule has 0 aliphatic rings. The Morgan fingerprint density at radius 3 is 2.48 bits per heavy atom. The van der Waals surface area contributed by atoms with Gasteiger partial charge in [0.2, 0.25) is 0 Å². The van der Waals surface area contributed by atoms with Gasteiger partial charge in [-0.3, -0.25) is 0 Å². The molecule has 0 fully saturated rings. The van der Waals surface area contributed by atoms with Gasteiger partial charge in [-0.15, -0.1) is 0 Å². The number of ether oxygens (including phenoxy) is 1. The summed E-state index contributed by atoms with van der Waals surface area (Å²) >= 11 is 6.06. The van der Waals surface area contributed by atoms with Gasteiger partial charge in [-0.25, -0.2) is 0 Å². The molecule has 0 N–H and O–H groups in total. The highest BCUT2D eigenvalue weighted by Gasteiger charge is 2.02. The molecule has 0 unspecified atom stereocenters. The molecule has 4 heteroatoms. The Hall–Kier alpha value is -2.75. The van der Waals surface area contributed by atoms with Crippen molar-refractivity contribution in [3.05, 3.63) is 64.2 Å². The third-order valence-corrected chi connectivity index (χ3v) is 3.20. The summed E-state index contributed by atoms with van der Waals surface area (Å²) in [6.07, 6.45) is 1.51. The van der Waals surface area contributed by atoms with E-state index in [9.17, 15) is 0 Å². The fraction of sp³-hybridized carbons (Fsp3) is 0.0588. The average molecular weight is 295 g/mol. The molecule has 2 aromatic carbocycles. The number of nitriles is 2. The van der Waals surface area contributed by atoms with Gasteiger partial charge in [0.15, 0.2) is 0 Å². The molecule has 0 aromatic heterocycles. The number of benzene rings is 2. The molecule has 21 heavy (non-hydrogen) atoms. The van der Waals surface area contributed by atoms with Crippen LogP contribution in [0.3, 0.4) is 0 Å². The number of halogens is 1. The van der Waals surface area contributed by atoms with Gasteiger partial charge in [-0.05, 0) is 48.4 Å². The Bertz CT molecular complexity index is 766. The predicted molar refractivity (Wildman–Crippen MR) is 81.9 cm³/mol. The second-order valence-corrected chi connectivity index (χ2v) is 4.77. The van der Waals surface area contributed by atoms with E-state index >= 15 is 0 Å². The lowest BCUT2D eigenvalue weighted by molar-refractivity contribution is 0.482. The molecular formula is C17H11ClN2O. The first-order valence-electron chi connectivity index (χ1n) is 6.18. The molecule has 0 spiro atoms. The number of rotatable bonds is 3. The van der Waals surface area contributed by atoms with Crippen LogP contribution in [0.15, 0.2) is 48.0 Å². The molecule has 0 bridgehead atoms. The van der Waals surface area contributed by atoms with Gasteiger partial charge in [0.25, 0.3) is 0 Å². The maximum atomic E-state index is 8.76. The normalized spacial score (nSPS) is 9.33. The zero-order valence-electron chi connectivity index (χ0n) is 11.3. The Kier molecular flexibility index (Phi) is 4.61. The number of hydrogen-bond donors (Lipinski definition) is 0. The van der Waals surface area contributed by atoms with E-state index in [2.05, 4.69) is 0 Å². The summed E-state index contributed by atoms with van der Waals surface area (Å²) in [6.45, 7) is 1.92. The lowest BCUT2D eigenvalue weighted by Crippen LogP contribution is -1.86. The largest absolute Gasteiger partial charge is 0.457 e. The average Bonchev–Trinajstić information content (AvgIpc) is 2.49. The Balaban J connectivity index is 2.26. The molecule has 2 rings (SSSR count). The Morgan fingerprint density at radius 2 is 1.81 bits per heavy atom. The smallest absolute Gasteiger partial charge is 0.130 e. The van der Waals surface area contributed by atoms with Crippen molar-refractivity contribution in [1.29, 1.82) is 10.5 Å². The Labute approximate surface area is 128 Å². The highest BCUT2D eigenvalue weighted by Crippen LogP contribution is 2.27. The number of hydrogen-bond acceptors (Lipinski definition) is 3. The van der Waals surface area contributed by atoms with Crippen molar-refractivity contribution in [1.82, 2.24) is 0 Å². The zero-order valence-corrected chi connectivity index (χ0v) is 12.1. The first kappa shape index (κ1) is 14.7. The molecule has 2 aromatic rings. The molecule has 0 heterocycles. The topological polar surface area (TPSA) is 56.8 Å². The lowest BCUT2D eigenvalue weighted by Gasteiger charge is -2.07. The molecular weight excluding hydrogens is 284 g/mol. The van der Waals surface area contributed by atoms with E-state index in [1.165, 1.54) is 6.08 Å². The molecule has 3 nitrogen and oxygen atoms in total. The van der Waals surface area contributed by atoms with Crippen molar-refractivity contribution in [2.24, 2.45) is 0 Å². The number of allylic oxidation sites excluding steroid dienone is 1. The molecule has 0 aliphatic heterocycles. The zero-order chi connectivity index (χ0) is 15.2. The van der Waals surface area contributed by atoms with Crippen LogP contribution in [-0.2, 0) is 0 Å².